The number of nitrogens with one attached hydrogen (secondary N) is 2. The number of para-hydroxylation sites is 1. The number of hydrogen-bond donors (Lipinski definition) is 4. The zero-order valence-electron chi connectivity index (χ0n) is 14.3. The Kier molecular flexibility index (Phi) is 6.81. The molecule has 0 fully saturated rings. The topological polar surface area (TPSA) is 154 Å². The van der Waals surface area contributed by atoms with E-state index in [1.54, 1.807) is 18.2 Å². The van der Waals surface area contributed by atoms with Crippen molar-refractivity contribution in [2.45, 2.75) is 0 Å². The second-order valence-electron chi connectivity index (χ2n) is 5.26. The van der Waals surface area contributed by atoms with E-state index in [-0.39, 0.29) is 17.0 Å². The second-order valence-corrected chi connectivity index (χ2v) is 5.26. The van der Waals surface area contributed by atoms with E-state index in [0.717, 1.165) is 0 Å². The molecule has 0 saturated carbocycles. The molecule has 0 spiro atoms. The van der Waals surface area contributed by atoms with Crippen molar-refractivity contribution in [2.24, 2.45) is 5.10 Å². The van der Waals surface area contributed by atoms with Gasteiger partial charge in [0.25, 0.3) is 0 Å². The minimum atomic E-state index is -1.17. The first kappa shape index (κ1) is 20.1. The van der Waals surface area contributed by atoms with Crippen molar-refractivity contribution in [3.63, 3.8) is 0 Å². The van der Waals surface area contributed by atoms with Gasteiger partial charge in [0.1, 0.15) is 5.75 Å². The number of aliphatic carboxylic acids is 1. The summed E-state index contributed by atoms with van der Waals surface area (Å²) in [4.78, 5) is 45.1. The number of ether oxygens (including phenoxy) is 1. The van der Waals surface area contributed by atoms with Crippen LogP contribution in [-0.4, -0.2) is 46.8 Å². The molecular formula is C18H15N3O7. The summed E-state index contributed by atoms with van der Waals surface area (Å²) in [5.41, 5.74) is 2.49. The maximum absolute atomic E-state index is 11.8. The molecule has 0 aliphatic heterocycles. The van der Waals surface area contributed by atoms with Crippen LogP contribution in [0.4, 0.5) is 5.69 Å². The van der Waals surface area contributed by atoms with E-state index in [9.17, 15) is 19.2 Å². The van der Waals surface area contributed by atoms with Crippen LogP contribution in [0.25, 0.3) is 0 Å². The molecule has 0 unspecified atom stereocenters. The normalized spacial score (nSPS) is 10.3. The summed E-state index contributed by atoms with van der Waals surface area (Å²) < 4.78 is 5.08. The monoisotopic (exact) mass is 385 g/mol. The molecule has 2 amide bonds. The zero-order chi connectivity index (χ0) is 20.5. The molecular weight excluding hydrogens is 370 g/mol. The zero-order valence-corrected chi connectivity index (χ0v) is 14.3. The molecule has 0 bridgehead atoms. The van der Waals surface area contributed by atoms with Crippen LogP contribution in [0.3, 0.4) is 0 Å². The van der Waals surface area contributed by atoms with Crippen LogP contribution in [0.2, 0.25) is 0 Å². The molecule has 0 radical (unpaired) electrons. The second kappa shape index (κ2) is 9.48. The summed E-state index contributed by atoms with van der Waals surface area (Å²) >= 11 is 0. The van der Waals surface area contributed by atoms with Gasteiger partial charge in [-0.15, -0.1) is 0 Å². The van der Waals surface area contributed by atoms with Crippen molar-refractivity contribution >= 4 is 35.7 Å². The standard InChI is InChI=1S/C18H15N3O7/c22-15(23)10-28-14-7-2-1-4-12(14)9-19-21-17(25)16(24)20-13-6-3-5-11(8-13)18(26)27/h1-9H,10H2,(H,20,24)(H,21,25)(H,22,23)(H,26,27). The minimum absolute atomic E-state index is 0.0470. The third kappa shape index (κ3) is 5.95. The van der Waals surface area contributed by atoms with Gasteiger partial charge in [0.2, 0.25) is 0 Å². The van der Waals surface area contributed by atoms with E-state index in [2.05, 4.69) is 10.4 Å². The number of carbonyl (C=O) groups is 4. The molecule has 28 heavy (non-hydrogen) atoms. The van der Waals surface area contributed by atoms with E-state index in [1.807, 2.05) is 5.43 Å². The number of benzene rings is 2. The van der Waals surface area contributed by atoms with Gasteiger partial charge >= 0.3 is 23.8 Å². The highest BCUT2D eigenvalue weighted by Gasteiger charge is 2.14. The lowest BCUT2D eigenvalue weighted by atomic mass is 10.2. The lowest BCUT2D eigenvalue weighted by Gasteiger charge is -2.06. The predicted molar refractivity (Wildman–Crippen MR) is 97.3 cm³/mol. The molecule has 4 N–H and O–H groups in total. The van der Waals surface area contributed by atoms with Gasteiger partial charge in [-0.25, -0.2) is 15.0 Å². The number of carboxylic acids is 2. The maximum atomic E-state index is 11.8. The number of amides is 2. The van der Waals surface area contributed by atoms with Gasteiger partial charge in [0, 0.05) is 11.3 Å². The van der Waals surface area contributed by atoms with E-state index in [0.29, 0.717) is 5.56 Å². The van der Waals surface area contributed by atoms with Crippen molar-refractivity contribution in [1.29, 1.82) is 0 Å². The molecule has 0 saturated heterocycles. The van der Waals surface area contributed by atoms with Crippen LogP contribution in [0.15, 0.2) is 53.6 Å². The van der Waals surface area contributed by atoms with Crippen LogP contribution in [0, 0.1) is 0 Å². The first-order valence-electron chi connectivity index (χ1n) is 7.78. The highest BCUT2D eigenvalue weighted by molar-refractivity contribution is 6.39. The first-order chi connectivity index (χ1) is 13.4. The maximum Gasteiger partial charge on any atom is 0.341 e. The summed E-state index contributed by atoms with van der Waals surface area (Å²) in [5.74, 6) is -4.22. The molecule has 0 aliphatic rings. The summed E-state index contributed by atoms with van der Waals surface area (Å²) in [5, 5.41) is 23.4. The minimum Gasteiger partial charge on any atom is -0.481 e. The van der Waals surface area contributed by atoms with Crippen LogP contribution in [0.5, 0.6) is 5.75 Å². The lowest BCUT2D eigenvalue weighted by molar-refractivity contribution is -0.139. The Balaban J connectivity index is 1.96. The van der Waals surface area contributed by atoms with Gasteiger partial charge in [-0.05, 0) is 30.3 Å². The Morgan fingerprint density at radius 3 is 2.46 bits per heavy atom. The fraction of sp³-hybridized carbons (Fsp3) is 0.0556. The smallest absolute Gasteiger partial charge is 0.341 e. The van der Waals surface area contributed by atoms with Gasteiger partial charge in [0.05, 0.1) is 11.8 Å². The SMILES string of the molecule is O=C(O)COc1ccccc1C=NNC(=O)C(=O)Nc1cccc(C(=O)O)c1. The summed E-state index contributed by atoms with van der Waals surface area (Å²) in [6.07, 6.45) is 1.19. The highest BCUT2D eigenvalue weighted by atomic mass is 16.5. The number of aromatic carboxylic acids is 1. The van der Waals surface area contributed by atoms with E-state index in [4.69, 9.17) is 14.9 Å². The fourth-order valence-corrected chi connectivity index (χ4v) is 1.99. The summed E-state index contributed by atoms with van der Waals surface area (Å²) in [6, 6.07) is 11.8. The van der Waals surface area contributed by atoms with Crippen LogP contribution >= 0.6 is 0 Å². The van der Waals surface area contributed by atoms with E-state index < -0.39 is 30.4 Å². The average Bonchev–Trinajstić information content (AvgIpc) is 2.67. The molecule has 0 aliphatic carbocycles. The van der Waals surface area contributed by atoms with Crippen LogP contribution in [0.1, 0.15) is 15.9 Å². The number of rotatable bonds is 7. The number of hydrogen-bond acceptors (Lipinski definition) is 6. The lowest BCUT2D eigenvalue weighted by Crippen LogP contribution is -2.32. The first-order valence-corrected chi connectivity index (χ1v) is 7.78. The van der Waals surface area contributed by atoms with Crippen molar-refractivity contribution in [1.82, 2.24) is 5.43 Å². The van der Waals surface area contributed by atoms with Crippen molar-refractivity contribution in [3.05, 3.63) is 59.7 Å². The third-order valence-corrected chi connectivity index (χ3v) is 3.21. The number of carboxylic acid groups (broad SMARTS) is 2. The number of hydrazone groups is 1. The van der Waals surface area contributed by atoms with Gasteiger partial charge in [-0.1, -0.05) is 18.2 Å². The van der Waals surface area contributed by atoms with Crippen LogP contribution in [-0.2, 0) is 14.4 Å². The Labute approximate surface area is 158 Å². The average molecular weight is 385 g/mol. The molecule has 10 heteroatoms. The van der Waals surface area contributed by atoms with E-state index >= 15 is 0 Å². The molecule has 2 aromatic carbocycles. The van der Waals surface area contributed by atoms with Crippen molar-refractivity contribution in [2.75, 3.05) is 11.9 Å². The highest BCUT2D eigenvalue weighted by Crippen LogP contribution is 2.15. The number of carbonyl (C=O) groups excluding carboxylic acids is 2. The molecule has 10 nitrogen and oxygen atoms in total. The Morgan fingerprint density at radius 2 is 1.75 bits per heavy atom. The van der Waals surface area contributed by atoms with Gasteiger partial charge in [-0.2, -0.15) is 5.10 Å². The Bertz CT molecular complexity index is 940. The fourth-order valence-electron chi connectivity index (χ4n) is 1.99. The van der Waals surface area contributed by atoms with Crippen molar-refractivity contribution in [3.8, 4) is 5.75 Å². The third-order valence-electron chi connectivity index (χ3n) is 3.21. The Morgan fingerprint density at radius 1 is 1.00 bits per heavy atom. The molecule has 2 aromatic rings. The summed E-state index contributed by atoms with van der Waals surface area (Å²) in [7, 11) is 0. The number of anilines is 1. The predicted octanol–water partition coefficient (Wildman–Crippen LogP) is 0.937. The van der Waals surface area contributed by atoms with Crippen LogP contribution < -0.4 is 15.5 Å². The van der Waals surface area contributed by atoms with Gasteiger partial charge in [-0.3, -0.25) is 9.59 Å². The summed E-state index contributed by atoms with van der Waals surface area (Å²) in [6.45, 7) is -0.547. The largest absolute Gasteiger partial charge is 0.481 e. The van der Waals surface area contributed by atoms with Gasteiger partial charge in [0.15, 0.2) is 6.61 Å². The van der Waals surface area contributed by atoms with Crippen molar-refractivity contribution < 1.29 is 34.1 Å². The van der Waals surface area contributed by atoms with Gasteiger partial charge < -0.3 is 20.3 Å². The molecule has 2 rings (SSSR count). The molecule has 0 aromatic heterocycles. The van der Waals surface area contributed by atoms with E-state index in [1.165, 1.54) is 36.5 Å². The molecule has 0 heterocycles. The molecule has 144 valence electrons. The molecule has 0 atom stereocenters. The number of nitrogens with zero attached hydrogens (tertiary/aromatic N) is 1. The Hall–Kier alpha value is -4.21. The quantitative estimate of drug-likeness (QED) is 0.314.